The van der Waals surface area contributed by atoms with Crippen molar-refractivity contribution in [2.75, 3.05) is 31.6 Å². The first-order valence-corrected chi connectivity index (χ1v) is 15.3. The highest BCUT2D eigenvalue weighted by atomic mass is 79.9. The minimum Gasteiger partial charge on any atom is -0.497 e. The van der Waals surface area contributed by atoms with Crippen molar-refractivity contribution in [2.45, 2.75) is 38.3 Å². The number of rotatable bonds is 13. The van der Waals surface area contributed by atoms with Gasteiger partial charge in [0.15, 0.2) is 0 Å². The second kappa shape index (κ2) is 14.4. The van der Waals surface area contributed by atoms with Crippen molar-refractivity contribution in [3.8, 4) is 11.5 Å². The van der Waals surface area contributed by atoms with Gasteiger partial charge in [-0.2, -0.15) is 0 Å². The zero-order chi connectivity index (χ0) is 30.2. The van der Waals surface area contributed by atoms with Crippen molar-refractivity contribution in [2.24, 2.45) is 5.92 Å². The number of carbonyl (C=O) groups is 2. The smallest absolute Gasteiger partial charge is 0.264 e. The van der Waals surface area contributed by atoms with E-state index in [1.165, 1.54) is 37.3 Å². The molecule has 11 heteroatoms. The van der Waals surface area contributed by atoms with Gasteiger partial charge in [0.2, 0.25) is 11.8 Å². The highest BCUT2D eigenvalue weighted by Crippen LogP contribution is 2.36. The SMILES string of the molecule is COc1ccc(OC)c(N(CC(=O)N(Cc2ccc(Br)cc2)[C@@H](C)C(=O)NCC(C)C)S(=O)(=O)c2ccccc2)c1. The lowest BCUT2D eigenvalue weighted by Gasteiger charge is -2.32. The van der Waals surface area contributed by atoms with E-state index in [1.54, 1.807) is 37.3 Å². The van der Waals surface area contributed by atoms with Crippen LogP contribution in [0.3, 0.4) is 0 Å². The number of methoxy groups -OCH3 is 2. The Morgan fingerprint density at radius 3 is 2.17 bits per heavy atom. The maximum Gasteiger partial charge on any atom is 0.264 e. The summed E-state index contributed by atoms with van der Waals surface area (Å²) in [7, 11) is -1.36. The van der Waals surface area contributed by atoms with E-state index in [2.05, 4.69) is 21.2 Å². The Hall–Kier alpha value is -3.57. The normalized spacial score (nSPS) is 12.0. The number of nitrogens with zero attached hydrogens (tertiary/aromatic N) is 2. The molecule has 1 atom stereocenters. The molecule has 0 heterocycles. The van der Waals surface area contributed by atoms with E-state index in [9.17, 15) is 18.0 Å². The van der Waals surface area contributed by atoms with E-state index in [0.29, 0.717) is 12.3 Å². The van der Waals surface area contributed by atoms with Crippen molar-refractivity contribution < 1.29 is 27.5 Å². The molecule has 3 aromatic rings. The summed E-state index contributed by atoms with van der Waals surface area (Å²) in [6.45, 7) is 5.54. The number of amides is 2. The third-order valence-electron chi connectivity index (χ3n) is 6.38. The van der Waals surface area contributed by atoms with Crippen LogP contribution >= 0.6 is 15.9 Å². The van der Waals surface area contributed by atoms with Crippen LogP contribution in [-0.2, 0) is 26.2 Å². The second-order valence-corrected chi connectivity index (χ2v) is 12.6. The first-order chi connectivity index (χ1) is 19.5. The Kier molecular flexibility index (Phi) is 11.2. The van der Waals surface area contributed by atoms with Crippen LogP contribution in [-0.4, -0.2) is 58.5 Å². The molecule has 41 heavy (non-hydrogen) atoms. The highest BCUT2D eigenvalue weighted by molar-refractivity contribution is 9.10. The molecule has 9 nitrogen and oxygen atoms in total. The van der Waals surface area contributed by atoms with Gasteiger partial charge in [-0.1, -0.05) is 60.1 Å². The summed E-state index contributed by atoms with van der Waals surface area (Å²) < 4.78 is 40.7. The minimum atomic E-state index is -4.24. The standard InChI is InChI=1S/C30H36BrN3O6S/c1-21(2)18-32-30(36)22(3)33(19-23-11-13-24(31)14-12-23)29(35)20-34(41(37,38)26-9-7-6-8-10-26)27-17-25(39-4)15-16-28(27)40-5/h6-17,21-22H,18-20H2,1-5H3,(H,32,36)/t22-/m0/s1. The van der Waals surface area contributed by atoms with E-state index in [1.807, 2.05) is 38.1 Å². The number of anilines is 1. The largest absolute Gasteiger partial charge is 0.497 e. The van der Waals surface area contributed by atoms with E-state index >= 15 is 0 Å². The van der Waals surface area contributed by atoms with Gasteiger partial charge in [0.05, 0.1) is 24.8 Å². The molecule has 0 radical (unpaired) electrons. The number of benzene rings is 3. The van der Waals surface area contributed by atoms with Crippen LogP contribution in [0.15, 0.2) is 82.2 Å². The molecule has 0 saturated heterocycles. The topological polar surface area (TPSA) is 105 Å². The van der Waals surface area contributed by atoms with Crippen LogP contribution in [0.1, 0.15) is 26.3 Å². The lowest BCUT2D eigenvalue weighted by atomic mass is 10.1. The fourth-order valence-corrected chi connectivity index (χ4v) is 5.75. The number of sulfonamides is 1. The van der Waals surface area contributed by atoms with Crippen molar-refractivity contribution in [1.29, 1.82) is 0 Å². The summed E-state index contributed by atoms with van der Waals surface area (Å²) >= 11 is 3.41. The van der Waals surface area contributed by atoms with Crippen LogP contribution in [0, 0.1) is 5.92 Å². The quantitative estimate of drug-likeness (QED) is 0.285. The summed E-state index contributed by atoms with van der Waals surface area (Å²) in [4.78, 5) is 28.6. The van der Waals surface area contributed by atoms with E-state index in [-0.39, 0.29) is 34.7 Å². The number of halogens is 1. The van der Waals surface area contributed by atoms with Gasteiger partial charge in [-0.25, -0.2) is 8.42 Å². The Morgan fingerprint density at radius 2 is 1.59 bits per heavy atom. The Bertz CT molecular complexity index is 1430. The third-order valence-corrected chi connectivity index (χ3v) is 8.69. The van der Waals surface area contributed by atoms with Gasteiger partial charge in [-0.15, -0.1) is 0 Å². The monoisotopic (exact) mass is 645 g/mol. The van der Waals surface area contributed by atoms with Gasteiger partial charge in [0, 0.05) is 23.6 Å². The average molecular weight is 647 g/mol. The molecule has 0 aromatic heterocycles. The lowest BCUT2D eigenvalue weighted by molar-refractivity contribution is -0.139. The predicted molar refractivity (Wildman–Crippen MR) is 163 cm³/mol. The summed E-state index contributed by atoms with van der Waals surface area (Å²) in [5.74, 6) is -0.0613. The van der Waals surface area contributed by atoms with Crippen LogP contribution in [0.5, 0.6) is 11.5 Å². The molecule has 0 aliphatic carbocycles. The Balaban J connectivity index is 2.08. The molecule has 3 rings (SSSR count). The van der Waals surface area contributed by atoms with Crippen LogP contribution in [0.2, 0.25) is 0 Å². The highest BCUT2D eigenvalue weighted by Gasteiger charge is 2.34. The predicted octanol–water partition coefficient (Wildman–Crippen LogP) is 4.85. The number of nitrogens with one attached hydrogen (secondary N) is 1. The van der Waals surface area contributed by atoms with Gasteiger partial charge in [0.1, 0.15) is 24.1 Å². The molecule has 0 bridgehead atoms. The first-order valence-electron chi connectivity index (χ1n) is 13.1. The number of hydrogen-bond acceptors (Lipinski definition) is 6. The Labute approximate surface area is 250 Å². The maximum atomic E-state index is 14.1. The fourth-order valence-electron chi connectivity index (χ4n) is 4.05. The van der Waals surface area contributed by atoms with Gasteiger partial charge < -0.3 is 19.7 Å². The van der Waals surface area contributed by atoms with Gasteiger partial charge in [-0.3, -0.25) is 13.9 Å². The number of ether oxygens (including phenoxy) is 2. The molecule has 0 aliphatic rings. The minimum absolute atomic E-state index is 0.000132. The zero-order valence-electron chi connectivity index (χ0n) is 23.8. The van der Waals surface area contributed by atoms with Crippen molar-refractivity contribution in [3.63, 3.8) is 0 Å². The molecule has 2 amide bonds. The Morgan fingerprint density at radius 1 is 0.927 bits per heavy atom. The maximum absolute atomic E-state index is 14.1. The van der Waals surface area contributed by atoms with E-state index in [0.717, 1.165) is 14.3 Å². The van der Waals surface area contributed by atoms with Crippen LogP contribution in [0.4, 0.5) is 5.69 Å². The molecule has 0 saturated carbocycles. The van der Waals surface area contributed by atoms with Gasteiger partial charge >= 0.3 is 0 Å². The summed E-state index contributed by atoms with van der Waals surface area (Å²) in [5.41, 5.74) is 0.908. The molecule has 220 valence electrons. The van der Waals surface area contributed by atoms with Crippen LogP contribution in [0.25, 0.3) is 0 Å². The molecule has 3 aromatic carbocycles. The zero-order valence-corrected chi connectivity index (χ0v) is 26.2. The molecular formula is C30H36BrN3O6S. The number of carbonyl (C=O) groups excluding carboxylic acids is 2. The molecular weight excluding hydrogens is 610 g/mol. The summed E-state index contributed by atoms with van der Waals surface area (Å²) in [6.07, 6.45) is 0. The van der Waals surface area contributed by atoms with Gasteiger partial charge in [0.25, 0.3) is 10.0 Å². The lowest BCUT2D eigenvalue weighted by Crippen LogP contribution is -2.51. The van der Waals surface area contributed by atoms with Gasteiger partial charge in [-0.05, 0) is 54.8 Å². The van der Waals surface area contributed by atoms with E-state index < -0.39 is 28.5 Å². The van der Waals surface area contributed by atoms with E-state index in [4.69, 9.17) is 9.47 Å². The molecule has 0 fully saturated rings. The fraction of sp³-hybridized carbons (Fsp3) is 0.333. The third kappa shape index (κ3) is 8.23. The van der Waals surface area contributed by atoms with Crippen molar-refractivity contribution in [3.05, 3.63) is 82.8 Å². The van der Waals surface area contributed by atoms with Crippen LogP contribution < -0.4 is 19.1 Å². The summed E-state index contributed by atoms with van der Waals surface area (Å²) in [5, 5.41) is 2.88. The number of hydrogen-bond donors (Lipinski definition) is 1. The molecule has 0 spiro atoms. The first kappa shape index (κ1) is 32.0. The average Bonchev–Trinajstić information content (AvgIpc) is 2.97. The summed E-state index contributed by atoms with van der Waals surface area (Å²) in [6, 6.07) is 19.0. The molecule has 0 aliphatic heterocycles. The van der Waals surface area contributed by atoms with Crippen molar-refractivity contribution in [1.82, 2.24) is 10.2 Å². The molecule has 1 N–H and O–H groups in total. The molecule has 0 unspecified atom stereocenters. The van der Waals surface area contributed by atoms with Crippen molar-refractivity contribution >= 4 is 43.5 Å². The second-order valence-electron chi connectivity index (χ2n) is 9.83.